The molecular formula is C15H19N3O2. The molecule has 0 aliphatic carbocycles. The van der Waals surface area contributed by atoms with E-state index in [9.17, 15) is 4.79 Å². The van der Waals surface area contributed by atoms with Crippen LogP contribution in [0.2, 0.25) is 0 Å². The summed E-state index contributed by atoms with van der Waals surface area (Å²) in [6, 6.07) is 7.96. The van der Waals surface area contributed by atoms with Crippen molar-refractivity contribution in [3.8, 4) is 0 Å². The van der Waals surface area contributed by atoms with Crippen LogP contribution in [0.5, 0.6) is 0 Å². The lowest BCUT2D eigenvalue weighted by molar-refractivity contribution is -0.138. The molecule has 0 amide bonds. The maximum Gasteiger partial charge on any atom is 0.303 e. The van der Waals surface area contributed by atoms with Gasteiger partial charge in [0.2, 0.25) is 0 Å². The van der Waals surface area contributed by atoms with E-state index in [-0.39, 0.29) is 12.3 Å². The Labute approximate surface area is 117 Å². The van der Waals surface area contributed by atoms with Gasteiger partial charge in [-0.1, -0.05) is 12.1 Å². The number of imidazole rings is 1. The van der Waals surface area contributed by atoms with Gasteiger partial charge < -0.3 is 15.4 Å². The monoisotopic (exact) mass is 273 g/mol. The number of carboxylic acids is 1. The Bertz CT molecular complexity index is 575. The van der Waals surface area contributed by atoms with Gasteiger partial charge >= 0.3 is 5.97 Å². The summed E-state index contributed by atoms with van der Waals surface area (Å²) in [6.45, 7) is 1.78. The number of carbonyl (C=O) groups is 1. The van der Waals surface area contributed by atoms with Crippen LogP contribution in [0.3, 0.4) is 0 Å². The highest BCUT2D eigenvalue weighted by atomic mass is 16.4. The van der Waals surface area contributed by atoms with Crippen molar-refractivity contribution in [1.82, 2.24) is 15.3 Å². The van der Waals surface area contributed by atoms with Gasteiger partial charge in [-0.05, 0) is 43.5 Å². The van der Waals surface area contributed by atoms with Gasteiger partial charge in [0.15, 0.2) is 0 Å². The maximum atomic E-state index is 11.0. The van der Waals surface area contributed by atoms with Crippen molar-refractivity contribution < 1.29 is 9.90 Å². The Balaban J connectivity index is 1.75. The van der Waals surface area contributed by atoms with Crippen LogP contribution in [0, 0.1) is 11.8 Å². The zero-order valence-electron chi connectivity index (χ0n) is 11.3. The summed E-state index contributed by atoms with van der Waals surface area (Å²) in [5.74, 6) is 0.823. The minimum absolute atomic E-state index is 0.238. The lowest BCUT2D eigenvalue weighted by Crippen LogP contribution is -2.38. The summed E-state index contributed by atoms with van der Waals surface area (Å²) in [6.07, 6.45) is 1.99. The molecule has 2 unspecified atom stereocenters. The first-order valence-corrected chi connectivity index (χ1v) is 7.08. The fourth-order valence-corrected chi connectivity index (χ4v) is 3.06. The molecule has 0 bridgehead atoms. The summed E-state index contributed by atoms with van der Waals surface area (Å²) in [5.41, 5.74) is 2.02. The average Bonchev–Trinajstić information content (AvgIpc) is 2.82. The van der Waals surface area contributed by atoms with Crippen LogP contribution in [0.25, 0.3) is 11.0 Å². The molecule has 1 aliphatic heterocycles. The number of benzene rings is 1. The number of nitrogens with zero attached hydrogens (tertiary/aromatic N) is 1. The van der Waals surface area contributed by atoms with Gasteiger partial charge in [0, 0.05) is 12.8 Å². The second-order valence-electron chi connectivity index (χ2n) is 5.52. The third-order valence-corrected chi connectivity index (χ3v) is 4.10. The Kier molecular flexibility index (Phi) is 3.69. The van der Waals surface area contributed by atoms with Gasteiger partial charge in [-0.15, -0.1) is 0 Å². The van der Waals surface area contributed by atoms with Gasteiger partial charge in [0.25, 0.3) is 0 Å². The highest BCUT2D eigenvalue weighted by Gasteiger charge is 2.27. The quantitative estimate of drug-likeness (QED) is 0.794. The average molecular weight is 273 g/mol. The molecule has 5 nitrogen and oxygen atoms in total. The fraction of sp³-hybridized carbons (Fsp3) is 0.467. The fourth-order valence-electron chi connectivity index (χ4n) is 3.06. The van der Waals surface area contributed by atoms with Crippen molar-refractivity contribution in [2.75, 3.05) is 13.1 Å². The smallest absolute Gasteiger partial charge is 0.303 e. The lowest BCUT2D eigenvalue weighted by atomic mass is 9.82. The predicted molar refractivity (Wildman–Crippen MR) is 76.5 cm³/mol. The molecule has 2 heterocycles. The molecule has 2 atom stereocenters. The molecule has 106 valence electrons. The van der Waals surface area contributed by atoms with Crippen molar-refractivity contribution in [3.05, 3.63) is 30.1 Å². The molecule has 1 aliphatic rings. The van der Waals surface area contributed by atoms with Crippen LogP contribution in [-0.2, 0) is 11.2 Å². The molecule has 3 N–H and O–H groups in total. The highest BCUT2D eigenvalue weighted by Crippen LogP contribution is 2.26. The molecule has 1 saturated heterocycles. The van der Waals surface area contributed by atoms with Crippen LogP contribution in [0.1, 0.15) is 18.7 Å². The molecule has 2 aromatic rings. The van der Waals surface area contributed by atoms with Crippen molar-refractivity contribution in [3.63, 3.8) is 0 Å². The molecule has 20 heavy (non-hydrogen) atoms. The lowest BCUT2D eigenvalue weighted by Gasteiger charge is -2.30. The standard InChI is InChI=1S/C15H19N3O2/c19-15(20)8-10-5-6-16-9-11(10)7-14-17-12-3-1-2-4-13(12)18-14/h1-4,10-11,16H,5-9H2,(H,17,18)(H,19,20). The van der Waals surface area contributed by atoms with E-state index in [0.717, 1.165) is 42.8 Å². The number of aromatic nitrogens is 2. The van der Waals surface area contributed by atoms with Gasteiger partial charge in [-0.2, -0.15) is 0 Å². The molecule has 0 saturated carbocycles. The minimum atomic E-state index is -0.702. The summed E-state index contributed by atoms with van der Waals surface area (Å²) in [5, 5.41) is 12.4. The zero-order valence-corrected chi connectivity index (χ0v) is 11.3. The second kappa shape index (κ2) is 5.63. The number of aromatic amines is 1. The van der Waals surface area contributed by atoms with Crippen molar-refractivity contribution in [2.45, 2.75) is 19.3 Å². The van der Waals surface area contributed by atoms with Crippen LogP contribution in [0.4, 0.5) is 0 Å². The SMILES string of the molecule is O=C(O)CC1CCNCC1Cc1nc2ccccc2[nH]1. The van der Waals surface area contributed by atoms with E-state index < -0.39 is 5.97 Å². The Morgan fingerprint density at radius 1 is 1.35 bits per heavy atom. The molecule has 0 radical (unpaired) electrons. The highest BCUT2D eigenvalue weighted by molar-refractivity contribution is 5.74. The summed E-state index contributed by atoms with van der Waals surface area (Å²) < 4.78 is 0. The van der Waals surface area contributed by atoms with E-state index in [2.05, 4.69) is 15.3 Å². The van der Waals surface area contributed by atoms with E-state index in [1.54, 1.807) is 0 Å². The van der Waals surface area contributed by atoms with E-state index in [1.165, 1.54) is 0 Å². The molecule has 1 fully saturated rings. The van der Waals surface area contributed by atoms with Gasteiger partial charge in [0.05, 0.1) is 11.0 Å². The number of fused-ring (bicyclic) bond motifs is 1. The van der Waals surface area contributed by atoms with Crippen molar-refractivity contribution in [2.24, 2.45) is 11.8 Å². The molecule has 0 spiro atoms. The predicted octanol–water partition coefficient (Wildman–Crippen LogP) is 1.81. The second-order valence-corrected chi connectivity index (χ2v) is 5.52. The van der Waals surface area contributed by atoms with E-state index in [4.69, 9.17) is 5.11 Å². The number of H-pyrrole nitrogens is 1. The largest absolute Gasteiger partial charge is 0.481 e. The van der Waals surface area contributed by atoms with Gasteiger partial charge in [0.1, 0.15) is 5.82 Å². The molecule has 3 rings (SSSR count). The van der Waals surface area contributed by atoms with E-state index in [1.807, 2.05) is 24.3 Å². The molecule has 1 aromatic carbocycles. The maximum absolute atomic E-state index is 11.0. The Hall–Kier alpha value is -1.88. The van der Waals surface area contributed by atoms with Crippen molar-refractivity contribution >= 4 is 17.0 Å². The first kappa shape index (κ1) is 13.1. The number of piperidine rings is 1. The first-order chi connectivity index (χ1) is 9.72. The minimum Gasteiger partial charge on any atom is -0.481 e. The van der Waals surface area contributed by atoms with E-state index in [0.29, 0.717) is 5.92 Å². The Morgan fingerprint density at radius 3 is 3.00 bits per heavy atom. The molecule has 1 aromatic heterocycles. The first-order valence-electron chi connectivity index (χ1n) is 7.08. The molecular weight excluding hydrogens is 254 g/mol. The van der Waals surface area contributed by atoms with Crippen molar-refractivity contribution in [1.29, 1.82) is 0 Å². The zero-order chi connectivity index (χ0) is 13.9. The number of rotatable bonds is 4. The van der Waals surface area contributed by atoms with Gasteiger partial charge in [-0.25, -0.2) is 4.98 Å². The number of aliphatic carboxylic acids is 1. The van der Waals surface area contributed by atoms with Gasteiger partial charge in [-0.3, -0.25) is 4.79 Å². The van der Waals surface area contributed by atoms with E-state index >= 15 is 0 Å². The van der Waals surface area contributed by atoms with Crippen LogP contribution >= 0.6 is 0 Å². The topological polar surface area (TPSA) is 78.0 Å². The number of hydrogen-bond acceptors (Lipinski definition) is 3. The number of hydrogen-bond donors (Lipinski definition) is 3. The summed E-state index contributed by atoms with van der Waals surface area (Å²) in [7, 11) is 0. The molecule has 5 heteroatoms. The number of nitrogens with one attached hydrogen (secondary N) is 2. The Morgan fingerprint density at radius 2 is 2.20 bits per heavy atom. The third kappa shape index (κ3) is 2.82. The van der Waals surface area contributed by atoms with Crippen LogP contribution in [0.15, 0.2) is 24.3 Å². The summed E-state index contributed by atoms with van der Waals surface area (Å²) >= 11 is 0. The normalized spacial score (nSPS) is 23.0. The summed E-state index contributed by atoms with van der Waals surface area (Å²) in [4.78, 5) is 18.9. The number of para-hydroxylation sites is 2. The number of carboxylic acid groups (broad SMARTS) is 1. The third-order valence-electron chi connectivity index (χ3n) is 4.10. The van der Waals surface area contributed by atoms with Crippen LogP contribution < -0.4 is 5.32 Å². The van der Waals surface area contributed by atoms with Crippen LogP contribution in [-0.4, -0.2) is 34.1 Å².